The number of hydrogen-bond acceptors (Lipinski definition) is 3. The Hall–Kier alpha value is -0.120. The van der Waals surface area contributed by atoms with Gasteiger partial charge in [-0.2, -0.15) is 0 Å². The van der Waals surface area contributed by atoms with E-state index in [9.17, 15) is 5.11 Å². The van der Waals surface area contributed by atoms with Crippen LogP contribution in [0.15, 0.2) is 0 Å². The van der Waals surface area contributed by atoms with Gasteiger partial charge in [-0.05, 0) is 25.8 Å². The van der Waals surface area contributed by atoms with Crippen molar-refractivity contribution in [3.05, 3.63) is 0 Å². The van der Waals surface area contributed by atoms with E-state index in [0.717, 1.165) is 19.4 Å². The molecule has 0 spiro atoms. The average Bonchev–Trinajstić information content (AvgIpc) is 2.46. The summed E-state index contributed by atoms with van der Waals surface area (Å²) in [5, 5.41) is 13.8. The summed E-state index contributed by atoms with van der Waals surface area (Å²) in [6.45, 7) is 3.48. The second kappa shape index (κ2) is 5.69. The molecule has 0 amide bonds. The van der Waals surface area contributed by atoms with Gasteiger partial charge in [0.2, 0.25) is 0 Å². The van der Waals surface area contributed by atoms with Crippen molar-refractivity contribution in [2.24, 2.45) is 0 Å². The zero-order valence-corrected chi connectivity index (χ0v) is 9.38. The predicted molar refractivity (Wildman–Crippen MR) is 57.4 cm³/mol. The smallest absolute Gasteiger partial charge is 0.103 e. The van der Waals surface area contributed by atoms with Crippen LogP contribution in [0.25, 0.3) is 0 Å². The molecule has 2 unspecified atom stereocenters. The summed E-state index contributed by atoms with van der Waals surface area (Å²) in [5.41, 5.74) is -0.681. The Morgan fingerprint density at radius 3 is 2.86 bits per heavy atom. The van der Waals surface area contributed by atoms with Gasteiger partial charge < -0.3 is 15.2 Å². The van der Waals surface area contributed by atoms with Crippen molar-refractivity contribution in [1.82, 2.24) is 5.32 Å². The Morgan fingerprint density at radius 2 is 2.21 bits per heavy atom. The lowest BCUT2D eigenvalue weighted by Gasteiger charge is -2.34. The minimum absolute atomic E-state index is 0.204. The number of hydrogen-bond donors (Lipinski definition) is 2. The fourth-order valence-electron chi connectivity index (χ4n) is 2.19. The normalized spacial score (nSPS) is 28.1. The molecule has 0 bridgehead atoms. The fourth-order valence-corrected chi connectivity index (χ4v) is 2.19. The van der Waals surface area contributed by atoms with Crippen LogP contribution in [-0.2, 0) is 4.74 Å². The summed E-state index contributed by atoms with van der Waals surface area (Å²) < 4.78 is 5.10. The number of aliphatic hydroxyl groups is 1. The lowest BCUT2D eigenvalue weighted by Crippen LogP contribution is -2.53. The van der Waals surface area contributed by atoms with Gasteiger partial charge in [0.05, 0.1) is 6.61 Å². The van der Waals surface area contributed by atoms with Crippen LogP contribution in [0.4, 0.5) is 0 Å². The Morgan fingerprint density at radius 1 is 1.43 bits per heavy atom. The molecule has 2 atom stereocenters. The van der Waals surface area contributed by atoms with Crippen LogP contribution in [0.2, 0.25) is 0 Å². The highest BCUT2D eigenvalue weighted by atomic mass is 16.5. The van der Waals surface area contributed by atoms with E-state index in [0.29, 0.717) is 6.61 Å². The van der Waals surface area contributed by atoms with Crippen molar-refractivity contribution in [3.8, 4) is 0 Å². The first kappa shape index (κ1) is 12.0. The van der Waals surface area contributed by atoms with Gasteiger partial charge in [0, 0.05) is 13.2 Å². The molecule has 14 heavy (non-hydrogen) atoms. The number of nitrogens with one attached hydrogen (secondary N) is 1. The first-order chi connectivity index (χ1) is 6.73. The highest BCUT2D eigenvalue weighted by Crippen LogP contribution is 2.22. The third kappa shape index (κ3) is 2.94. The van der Waals surface area contributed by atoms with Crippen LogP contribution >= 0.6 is 0 Å². The molecule has 1 aliphatic rings. The van der Waals surface area contributed by atoms with Gasteiger partial charge in [-0.1, -0.05) is 19.8 Å². The van der Waals surface area contributed by atoms with Gasteiger partial charge in [0.15, 0.2) is 0 Å². The third-order valence-electron chi connectivity index (χ3n) is 3.22. The van der Waals surface area contributed by atoms with Gasteiger partial charge in [-0.3, -0.25) is 0 Å². The summed E-state index contributed by atoms with van der Waals surface area (Å²) in [5.74, 6) is 0. The summed E-state index contributed by atoms with van der Waals surface area (Å²) >= 11 is 0. The Kier molecular flexibility index (Phi) is 4.85. The SMILES string of the molecule is CCC(O)(COC)C1CCCCCN1. The highest BCUT2D eigenvalue weighted by molar-refractivity contribution is 4.91. The molecule has 0 aliphatic carbocycles. The number of ether oxygens (including phenoxy) is 1. The Bertz CT molecular complexity index is 155. The highest BCUT2D eigenvalue weighted by Gasteiger charge is 2.34. The molecule has 1 heterocycles. The molecule has 3 heteroatoms. The van der Waals surface area contributed by atoms with E-state index in [1.54, 1.807) is 7.11 Å². The van der Waals surface area contributed by atoms with Gasteiger partial charge in [0.1, 0.15) is 5.60 Å². The van der Waals surface area contributed by atoms with E-state index in [1.807, 2.05) is 6.92 Å². The molecule has 0 radical (unpaired) electrons. The zero-order chi connectivity index (χ0) is 10.4. The summed E-state index contributed by atoms with van der Waals surface area (Å²) in [6.07, 6.45) is 5.52. The Balaban J connectivity index is 2.56. The van der Waals surface area contributed by atoms with E-state index in [1.165, 1.54) is 19.3 Å². The van der Waals surface area contributed by atoms with Crippen molar-refractivity contribution in [2.45, 2.75) is 50.7 Å². The predicted octanol–water partition coefficient (Wildman–Crippen LogP) is 1.31. The van der Waals surface area contributed by atoms with E-state index >= 15 is 0 Å². The molecule has 1 fully saturated rings. The van der Waals surface area contributed by atoms with Crippen molar-refractivity contribution in [2.75, 3.05) is 20.3 Å². The van der Waals surface area contributed by atoms with E-state index in [4.69, 9.17) is 4.74 Å². The Labute approximate surface area is 86.8 Å². The molecule has 0 aromatic heterocycles. The first-order valence-electron chi connectivity index (χ1n) is 5.67. The topological polar surface area (TPSA) is 41.5 Å². The minimum atomic E-state index is -0.681. The van der Waals surface area contributed by atoms with Crippen LogP contribution in [0, 0.1) is 0 Å². The number of rotatable bonds is 4. The zero-order valence-electron chi connectivity index (χ0n) is 9.38. The second-order valence-electron chi connectivity index (χ2n) is 4.25. The molecule has 3 nitrogen and oxygen atoms in total. The lowest BCUT2D eigenvalue weighted by molar-refractivity contribution is -0.0614. The maximum atomic E-state index is 10.4. The molecule has 1 rings (SSSR count). The van der Waals surface area contributed by atoms with Crippen LogP contribution in [0.1, 0.15) is 39.0 Å². The molecule has 84 valence electrons. The standard InChI is InChI=1S/C11H23NO2/c1-3-11(13,9-14-2)10-7-5-4-6-8-12-10/h10,12-13H,3-9H2,1-2H3. The van der Waals surface area contributed by atoms with Gasteiger partial charge in [0.25, 0.3) is 0 Å². The molecule has 0 aromatic carbocycles. The molecule has 1 aliphatic heterocycles. The van der Waals surface area contributed by atoms with Crippen molar-refractivity contribution in [1.29, 1.82) is 0 Å². The fraction of sp³-hybridized carbons (Fsp3) is 1.00. The van der Waals surface area contributed by atoms with Crippen LogP contribution in [0.3, 0.4) is 0 Å². The average molecular weight is 201 g/mol. The maximum Gasteiger partial charge on any atom is 0.103 e. The van der Waals surface area contributed by atoms with Gasteiger partial charge >= 0.3 is 0 Å². The monoisotopic (exact) mass is 201 g/mol. The van der Waals surface area contributed by atoms with Crippen LogP contribution in [-0.4, -0.2) is 37.0 Å². The second-order valence-corrected chi connectivity index (χ2v) is 4.25. The van der Waals surface area contributed by atoms with Crippen LogP contribution in [0.5, 0.6) is 0 Å². The summed E-state index contributed by atoms with van der Waals surface area (Å²) in [7, 11) is 1.65. The minimum Gasteiger partial charge on any atom is -0.386 e. The van der Waals surface area contributed by atoms with Crippen LogP contribution < -0.4 is 5.32 Å². The third-order valence-corrected chi connectivity index (χ3v) is 3.22. The number of methoxy groups -OCH3 is 1. The molecule has 0 aromatic rings. The van der Waals surface area contributed by atoms with E-state index < -0.39 is 5.60 Å². The summed E-state index contributed by atoms with van der Waals surface area (Å²) in [6, 6.07) is 0.204. The van der Waals surface area contributed by atoms with Gasteiger partial charge in [-0.25, -0.2) is 0 Å². The maximum absolute atomic E-state index is 10.4. The quantitative estimate of drug-likeness (QED) is 0.720. The van der Waals surface area contributed by atoms with Crippen molar-refractivity contribution < 1.29 is 9.84 Å². The molecule has 2 N–H and O–H groups in total. The molecule has 0 saturated carbocycles. The first-order valence-corrected chi connectivity index (χ1v) is 5.67. The molecule has 1 saturated heterocycles. The van der Waals surface area contributed by atoms with Crippen molar-refractivity contribution >= 4 is 0 Å². The lowest BCUT2D eigenvalue weighted by atomic mass is 9.89. The largest absolute Gasteiger partial charge is 0.386 e. The molecular formula is C11H23NO2. The van der Waals surface area contributed by atoms with E-state index in [-0.39, 0.29) is 6.04 Å². The van der Waals surface area contributed by atoms with Crippen molar-refractivity contribution in [3.63, 3.8) is 0 Å². The van der Waals surface area contributed by atoms with E-state index in [2.05, 4.69) is 5.32 Å². The van der Waals surface area contributed by atoms with Gasteiger partial charge in [-0.15, -0.1) is 0 Å². The summed E-state index contributed by atoms with van der Waals surface area (Å²) in [4.78, 5) is 0. The molecular weight excluding hydrogens is 178 g/mol.